The number of rotatable bonds is 4. The van der Waals surface area contributed by atoms with Gasteiger partial charge in [0.25, 0.3) is 0 Å². The van der Waals surface area contributed by atoms with E-state index in [4.69, 9.17) is 48.9 Å². The molecule has 0 rings (SSSR count). The summed E-state index contributed by atoms with van der Waals surface area (Å²) in [5.74, 6) is -8.53. The van der Waals surface area contributed by atoms with Gasteiger partial charge in [-0.25, -0.2) is 9.59 Å². The fraction of sp³-hybridized carbons (Fsp3) is 0. The van der Waals surface area contributed by atoms with E-state index >= 15 is 0 Å². The Morgan fingerprint density at radius 3 is 0.655 bits per heavy atom. The quantitative estimate of drug-likeness (QED) is 0.135. The van der Waals surface area contributed by atoms with E-state index in [0.29, 0.717) is 0 Å². The molecule has 0 aliphatic heterocycles. The van der Waals surface area contributed by atoms with Crippen molar-refractivity contribution in [2.75, 3.05) is 0 Å². The predicted octanol–water partition coefficient (Wildman–Crippen LogP) is -17.8. The summed E-state index contributed by atoms with van der Waals surface area (Å²) in [6.07, 6.45) is 0. The smallest absolute Gasteiger partial charge is 0.608 e. The van der Waals surface area contributed by atoms with Gasteiger partial charge < -0.3 is 46.8 Å². The maximum Gasteiger partial charge on any atom is 1.00 e. The molecule has 0 atom stereocenters. The Bertz CT molecular complexity index is 483. The summed E-state index contributed by atoms with van der Waals surface area (Å²) < 4.78 is 45.7. The average molecular weight is 424 g/mol. The number of halogens is 4. The SMILES string of the molecule is O=C(F)C(=O)O[S-].O=C([O-])C(=O)F.O=C([O-])C(=O)F.O=C([O-])C(=O)F.[Li+].[Li+].[Li+].[Li+]. The van der Waals surface area contributed by atoms with E-state index in [1.54, 1.807) is 0 Å². The molecular weight excluding hydrogens is 424 g/mol. The molecule has 0 amide bonds. The molecule has 0 bridgehead atoms. The summed E-state index contributed by atoms with van der Waals surface area (Å²) in [5, 5.41) is 26.6. The standard InChI is InChI=1S/C2HFO3S.3C2HFO3.4Li/c3-1(4)2(5)6-7;3*3-1(4)2(5)6;;;;/h7H;3*(H,5,6);;;;/q;;;;4*+1/p-4. The molecule has 0 aromatic rings. The van der Waals surface area contributed by atoms with Gasteiger partial charge in [-0.15, -0.1) is 0 Å². The van der Waals surface area contributed by atoms with Gasteiger partial charge in [0.05, 0.1) is 0 Å². The van der Waals surface area contributed by atoms with Crippen molar-refractivity contribution in [1.82, 2.24) is 0 Å². The average Bonchev–Trinajstić information content (AvgIpc) is 2.47. The van der Waals surface area contributed by atoms with Crippen LogP contribution in [0.15, 0.2) is 0 Å². The fourth-order valence-corrected chi connectivity index (χ4v) is 0.0983. The second-order valence-corrected chi connectivity index (χ2v) is 2.49. The van der Waals surface area contributed by atoms with Gasteiger partial charge in [-0.2, -0.15) is 17.6 Å². The molecule has 0 aromatic heterocycles. The Morgan fingerprint density at radius 2 is 0.655 bits per heavy atom. The van der Waals surface area contributed by atoms with Crippen LogP contribution in [0.1, 0.15) is 0 Å². The molecule has 0 N–H and O–H groups in total. The number of carbonyl (C=O) groups is 8. The molecule has 0 radical (unpaired) electrons. The van der Waals surface area contributed by atoms with Gasteiger partial charge in [0, 0.05) is 0 Å². The van der Waals surface area contributed by atoms with Crippen molar-refractivity contribution in [2.45, 2.75) is 0 Å². The van der Waals surface area contributed by atoms with Crippen LogP contribution in [0.2, 0.25) is 0 Å². The minimum absolute atomic E-state index is 0. The maximum absolute atomic E-state index is 10.9. The molecule has 0 aromatic carbocycles. The summed E-state index contributed by atoms with van der Waals surface area (Å²) in [5.41, 5.74) is 0. The second kappa shape index (κ2) is 31.7. The maximum atomic E-state index is 10.9. The van der Waals surface area contributed by atoms with Crippen LogP contribution < -0.4 is 90.8 Å². The molecule has 0 heterocycles. The minimum atomic E-state index is -2.44. The Balaban J connectivity index is -0.0000000324. The van der Waals surface area contributed by atoms with Crippen molar-refractivity contribution in [3.8, 4) is 0 Å². The van der Waals surface area contributed by atoms with Gasteiger partial charge in [0.15, 0.2) is 0 Å². The number of carbonyl (C=O) groups excluding carboxylic acids is 8. The van der Waals surface area contributed by atoms with Crippen LogP contribution >= 0.6 is 0 Å². The van der Waals surface area contributed by atoms with Gasteiger partial charge in [-0.1, -0.05) is 0 Å². The first-order valence-electron chi connectivity index (χ1n) is 4.37. The number of carboxylic acids is 3. The number of aliphatic carboxylic acids is 3. The van der Waals surface area contributed by atoms with E-state index in [2.05, 4.69) is 17.1 Å². The molecular formula is C8F4Li4O12S. The minimum Gasteiger partial charge on any atom is -0.608 e. The Kier molecular flexibility index (Phi) is 55.8. The summed E-state index contributed by atoms with van der Waals surface area (Å²) in [6, 6.07) is -9.48. The molecule has 0 aliphatic rings. The molecule has 0 saturated carbocycles. The molecule has 0 aliphatic carbocycles. The van der Waals surface area contributed by atoms with Crippen molar-refractivity contribution in [2.24, 2.45) is 0 Å². The van der Waals surface area contributed by atoms with Gasteiger partial charge in [-0.3, -0.25) is 14.4 Å². The van der Waals surface area contributed by atoms with Crippen LogP contribution in [0, 0.1) is 0 Å². The summed E-state index contributed by atoms with van der Waals surface area (Å²) in [7, 11) is 0. The van der Waals surface area contributed by atoms with Crippen LogP contribution in [0.25, 0.3) is 0 Å². The predicted molar refractivity (Wildman–Crippen MR) is 52.9 cm³/mol. The van der Waals surface area contributed by atoms with Gasteiger partial charge in [0.2, 0.25) is 0 Å². The summed E-state index contributed by atoms with van der Waals surface area (Å²) in [6.45, 7) is 0. The normalized spacial score (nSPS) is 6.52. The van der Waals surface area contributed by atoms with Crippen LogP contribution in [0.5, 0.6) is 0 Å². The molecule has 0 unspecified atom stereocenters. The number of carboxylic acid groups (broad SMARTS) is 3. The second-order valence-electron chi connectivity index (χ2n) is 2.33. The monoisotopic (exact) mass is 424 g/mol. The van der Waals surface area contributed by atoms with Crippen molar-refractivity contribution in [3.05, 3.63) is 0 Å². The zero-order valence-corrected chi connectivity index (χ0v) is 15.6. The Morgan fingerprint density at radius 1 is 0.517 bits per heavy atom. The molecule has 0 saturated heterocycles. The Labute approximate surface area is 210 Å². The van der Waals surface area contributed by atoms with E-state index in [1.807, 2.05) is 0 Å². The largest absolute Gasteiger partial charge is 1.00 e. The van der Waals surface area contributed by atoms with Gasteiger partial charge in [-0.05, 0) is 0 Å². The van der Waals surface area contributed by atoms with Gasteiger partial charge in [0.1, 0.15) is 17.9 Å². The first-order chi connectivity index (χ1) is 11.1. The third-order valence-electron chi connectivity index (χ3n) is 0.718. The van der Waals surface area contributed by atoms with Crippen molar-refractivity contribution in [3.63, 3.8) is 0 Å². The van der Waals surface area contributed by atoms with Crippen LogP contribution in [0.4, 0.5) is 17.6 Å². The summed E-state index contributed by atoms with van der Waals surface area (Å²) in [4.78, 5) is 71.7. The molecule has 142 valence electrons. The van der Waals surface area contributed by atoms with Crippen LogP contribution in [-0.4, -0.2) is 48.0 Å². The molecule has 29 heavy (non-hydrogen) atoms. The molecule has 0 spiro atoms. The third-order valence-corrected chi connectivity index (χ3v) is 0.869. The van der Waals surface area contributed by atoms with E-state index in [9.17, 15) is 22.4 Å². The van der Waals surface area contributed by atoms with E-state index < -0.39 is 48.0 Å². The first kappa shape index (κ1) is 51.0. The molecule has 0 fully saturated rings. The fourth-order valence-electron chi connectivity index (χ4n) is 0.0328. The topological polar surface area (TPSA) is 215 Å². The van der Waals surface area contributed by atoms with E-state index in [-0.39, 0.29) is 75.4 Å². The van der Waals surface area contributed by atoms with E-state index in [1.165, 1.54) is 0 Å². The third kappa shape index (κ3) is 58.4. The first-order valence-corrected chi connectivity index (χ1v) is 4.71. The number of hydrogen-bond donors (Lipinski definition) is 0. The molecule has 12 nitrogen and oxygen atoms in total. The van der Waals surface area contributed by atoms with Crippen LogP contribution in [-0.2, 0) is 55.4 Å². The Hall–Kier alpha value is -0.980. The zero-order chi connectivity index (χ0) is 21.3. The van der Waals surface area contributed by atoms with Crippen molar-refractivity contribution in [1.29, 1.82) is 0 Å². The van der Waals surface area contributed by atoms with E-state index in [0.717, 1.165) is 0 Å². The zero-order valence-electron chi connectivity index (χ0n) is 14.8. The van der Waals surface area contributed by atoms with Gasteiger partial charge >= 0.3 is 106 Å². The van der Waals surface area contributed by atoms with Crippen molar-refractivity contribution >= 4 is 60.9 Å². The molecule has 21 heteroatoms. The van der Waals surface area contributed by atoms with Crippen molar-refractivity contribution < 1.29 is 151 Å². The number of hydrogen-bond acceptors (Lipinski definition) is 13. The van der Waals surface area contributed by atoms with Crippen LogP contribution in [0.3, 0.4) is 0 Å². The summed E-state index contributed by atoms with van der Waals surface area (Å²) >= 11 is 3.54.